The van der Waals surface area contributed by atoms with Crippen LogP contribution in [-0.4, -0.2) is 13.2 Å². The average Bonchev–Trinajstić information content (AvgIpc) is 2.04. The molecule has 0 bridgehead atoms. The Labute approximate surface area is 70.4 Å². The largest absolute Gasteiger partial charge is 0.377 e. The van der Waals surface area contributed by atoms with Crippen molar-refractivity contribution in [1.29, 1.82) is 0 Å². The van der Waals surface area contributed by atoms with Crippen LogP contribution >= 0.6 is 0 Å². The summed E-state index contributed by atoms with van der Waals surface area (Å²) in [4.78, 5) is 0. The Morgan fingerprint density at radius 1 is 1.27 bits per heavy atom. The van der Waals surface area contributed by atoms with Gasteiger partial charge < -0.3 is 4.74 Å². The molecule has 66 valence electrons. The van der Waals surface area contributed by atoms with Crippen LogP contribution in [0.15, 0.2) is 12.2 Å². The van der Waals surface area contributed by atoms with Gasteiger partial charge in [-0.1, -0.05) is 38.8 Å². The van der Waals surface area contributed by atoms with Crippen molar-refractivity contribution in [2.24, 2.45) is 0 Å². The van der Waals surface area contributed by atoms with Crippen molar-refractivity contribution < 1.29 is 4.74 Å². The monoisotopic (exact) mass is 156 g/mol. The highest BCUT2D eigenvalue weighted by molar-refractivity contribution is 4.91. The zero-order valence-corrected chi connectivity index (χ0v) is 7.86. The van der Waals surface area contributed by atoms with Crippen LogP contribution in [0.1, 0.15) is 39.5 Å². The van der Waals surface area contributed by atoms with E-state index in [1.807, 2.05) is 0 Å². The zero-order chi connectivity index (χ0) is 8.53. The van der Waals surface area contributed by atoms with Crippen LogP contribution in [0.25, 0.3) is 0 Å². The highest BCUT2D eigenvalue weighted by Crippen LogP contribution is 1.99. The van der Waals surface area contributed by atoms with Crippen molar-refractivity contribution in [1.82, 2.24) is 0 Å². The number of hydrogen-bond acceptors (Lipinski definition) is 1. The second kappa shape index (κ2) is 7.80. The molecular formula is C10H20O. The molecule has 0 aromatic heterocycles. The van der Waals surface area contributed by atoms with Crippen LogP contribution in [0.5, 0.6) is 0 Å². The molecule has 1 nitrogen and oxygen atoms in total. The fourth-order valence-electron chi connectivity index (χ4n) is 0.773. The minimum Gasteiger partial charge on any atom is -0.377 e. The van der Waals surface area contributed by atoms with Crippen LogP contribution in [0, 0.1) is 0 Å². The third-order valence-electron chi connectivity index (χ3n) is 1.70. The first-order valence-corrected chi connectivity index (χ1v) is 4.55. The first kappa shape index (κ1) is 10.7. The van der Waals surface area contributed by atoms with E-state index in [2.05, 4.69) is 20.4 Å². The molecule has 0 aliphatic heterocycles. The molecule has 0 fully saturated rings. The molecule has 0 aromatic carbocycles. The van der Waals surface area contributed by atoms with E-state index in [0.29, 0.717) is 0 Å². The highest BCUT2D eigenvalue weighted by Gasteiger charge is 1.90. The lowest BCUT2D eigenvalue weighted by molar-refractivity contribution is 0.150. The smallest absolute Gasteiger partial charge is 0.0674 e. The van der Waals surface area contributed by atoms with Gasteiger partial charge in [0, 0.05) is 6.61 Å². The van der Waals surface area contributed by atoms with E-state index >= 15 is 0 Å². The number of hydrogen-bond donors (Lipinski definition) is 0. The van der Waals surface area contributed by atoms with Crippen molar-refractivity contribution in [3.05, 3.63) is 12.2 Å². The van der Waals surface area contributed by atoms with E-state index in [4.69, 9.17) is 4.74 Å². The van der Waals surface area contributed by atoms with Gasteiger partial charge in [-0.3, -0.25) is 0 Å². The highest BCUT2D eigenvalue weighted by atomic mass is 16.5. The number of unbranched alkanes of at least 4 members (excludes halogenated alkanes) is 2. The molecule has 1 heteroatoms. The van der Waals surface area contributed by atoms with Crippen LogP contribution < -0.4 is 0 Å². The summed E-state index contributed by atoms with van der Waals surface area (Å²) in [5.74, 6) is 0. The first-order valence-electron chi connectivity index (χ1n) is 4.55. The zero-order valence-electron chi connectivity index (χ0n) is 7.86. The second-order valence-electron chi connectivity index (χ2n) is 2.86. The lowest BCUT2D eigenvalue weighted by Crippen LogP contribution is -1.98. The average molecular weight is 156 g/mol. The molecule has 0 N–H and O–H groups in total. The number of rotatable bonds is 7. The SMILES string of the molecule is C=C(CC)COCCCCC. The topological polar surface area (TPSA) is 9.23 Å². The van der Waals surface area contributed by atoms with E-state index in [0.717, 1.165) is 19.6 Å². The Hall–Kier alpha value is -0.300. The van der Waals surface area contributed by atoms with Gasteiger partial charge >= 0.3 is 0 Å². The maximum Gasteiger partial charge on any atom is 0.0674 e. The Morgan fingerprint density at radius 2 is 2.00 bits per heavy atom. The van der Waals surface area contributed by atoms with Gasteiger partial charge in [0.05, 0.1) is 6.61 Å². The molecule has 0 radical (unpaired) electrons. The van der Waals surface area contributed by atoms with Gasteiger partial charge in [-0.25, -0.2) is 0 Å². The van der Waals surface area contributed by atoms with Gasteiger partial charge in [0.15, 0.2) is 0 Å². The summed E-state index contributed by atoms with van der Waals surface area (Å²) in [6.45, 7) is 9.82. The molecule has 11 heavy (non-hydrogen) atoms. The van der Waals surface area contributed by atoms with Gasteiger partial charge in [-0.2, -0.15) is 0 Å². The van der Waals surface area contributed by atoms with Gasteiger partial charge in [0.2, 0.25) is 0 Å². The predicted molar refractivity (Wildman–Crippen MR) is 49.8 cm³/mol. The summed E-state index contributed by atoms with van der Waals surface area (Å²) in [6.07, 6.45) is 4.76. The Kier molecular flexibility index (Phi) is 7.59. The van der Waals surface area contributed by atoms with E-state index in [1.54, 1.807) is 0 Å². The summed E-state index contributed by atoms with van der Waals surface area (Å²) in [6, 6.07) is 0. The molecular weight excluding hydrogens is 136 g/mol. The Balaban J connectivity index is 2.95. The molecule has 0 unspecified atom stereocenters. The standard InChI is InChI=1S/C10H20O/c1-4-6-7-8-11-9-10(3)5-2/h3-9H2,1-2H3. The maximum atomic E-state index is 5.39. The van der Waals surface area contributed by atoms with E-state index in [9.17, 15) is 0 Å². The Bertz CT molecular complexity index is 97.0. The van der Waals surface area contributed by atoms with Gasteiger partial charge in [0.25, 0.3) is 0 Å². The molecule has 0 aliphatic carbocycles. The lowest BCUT2D eigenvalue weighted by atomic mass is 10.2. The van der Waals surface area contributed by atoms with E-state index in [-0.39, 0.29) is 0 Å². The van der Waals surface area contributed by atoms with Crippen molar-refractivity contribution in [3.63, 3.8) is 0 Å². The minimum atomic E-state index is 0.750. The summed E-state index contributed by atoms with van der Waals surface area (Å²) in [5, 5.41) is 0. The van der Waals surface area contributed by atoms with Crippen molar-refractivity contribution in [3.8, 4) is 0 Å². The molecule has 0 atom stereocenters. The maximum absolute atomic E-state index is 5.39. The summed E-state index contributed by atoms with van der Waals surface area (Å²) in [5.41, 5.74) is 1.20. The molecule has 0 aliphatic rings. The molecule has 0 aromatic rings. The molecule has 0 rings (SSSR count). The number of ether oxygens (including phenoxy) is 1. The lowest BCUT2D eigenvalue weighted by Gasteiger charge is -2.03. The molecule has 0 saturated carbocycles. The summed E-state index contributed by atoms with van der Waals surface area (Å²) in [7, 11) is 0. The van der Waals surface area contributed by atoms with Gasteiger partial charge in [-0.15, -0.1) is 0 Å². The van der Waals surface area contributed by atoms with Crippen LogP contribution in [0.4, 0.5) is 0 Å². The van der Waals surface area contributed by atoms with E-state index in [1.165, 1.54) is 24.8 Å². The van der Waals surface area contributed by atoms with Crippen LogP contribution in [-0.2, 0) is 4.74 Å². The van der Waals surface area contributed by atoms with Crippen molar-refractivity contribution in [2.45, 2.75) is 39.5 Å². The van der Waals surface area contributed by atoms with Gasteiger partial charge in [-0.05, 0) is 12.8 Å². The normalized spacial score (nSPS) is 10.0. The van der Waals surface area contributed by atoms with Crippen molar-refractivity contribution >= 4 is 0 Å². The second-order valence-corrected chi connectivity index (χ2v) is 2.86. The van der Waals surface area contributed by atoms with Crippen LogP contribution in [0.2, 0.25) is 0 Å². The van der Waals surface area contributed by atoms with Crippen molar-refractivity contribution in [2.75, 3.05) is 13.2 Å². The third-order valence-corrected chi connectivity index (χ3v) is 1.70. The predicted octanol–water partition coefficient (Wildman–Crippen LogP) is 3.16. The molecule has 0 heterocycles. The summed E-state index contributed by atoms with van der Waals surface area (Å²) < 4.78 is 5.39. The van der Waals surface area contributed by atoms with E-state index < -0.39 is 0 Å². The molecule has 0 saturated heterocycles. The molecule has 0 amide bonds. The third kappa shape index (κ3) is 7.60. The fourth-order valence-corrected chi connectivity index (χ4v) is 0.773. The minimum absolute atomic E-state index is 0.750. The first-order chi connectivity index (χ1) is 5.31. The summed E-state index contributed by atoms with van der Waals surface area (Å²) >= 11 is 0. The Morgan fingerprint density at radius 3 is 2.55 bits per heavy atom. The van der Waals surface area contributed by atoms with Gasteiger partial charge in [0.1, 0.15) is 0 Å². The van der Waals surface area contributed by atoms with Crippen LogP contribution in [0.3, 0.4) is 0 Å². The fraction of sp³-hybridized carbons (Fsp3) is 0.800. The molecule has 0 spiro atoms. The quantitative estimate of drug-likeness (QED) is 0.406.